The highest BCUT2D eigenvalue weighted by Gasteiger charge is 2.45. The number of fused-ring (bicyclic) bond motifs is 3. The van der Waals surface area contributed by atoms with E-state index in [0.717, 1.165) is 63.4 Å². The van der Waals surface area contributed by atoms with Crippen LogP contribution >= 0.6 is 0 Å². The number of nitrogens with one attached hydrogen (secondary N) is 1. The lowest BCUT2D eigenvalue weighted by Crippen LogP contribution is -2.48. The quantitative estimate of drug-likeness (QED) is 0.294. The van der Waals surface area contributed by atoms with Crippen LogP contribution in [0, 0.1) is 5.92 Å². The van der Waals surface area contributed by atoms with Crippen LogP contribution in [0.3, 0.4) is 0 Å². The summed E-state index contributed by atoms with van der Waals surface area (Å²) in [5.41, 5.74) is 5.12. The Labute approximate surface area is 276 Å². The Hall–Kier alpha value is -2.79. The molecule has 3 saturated heterocycles. The van der Waals surface area contributed by atoms with E-state index in [1.807, 2.05) is 6.92 Å². The van der Waals surface area contributed by atoms with E-state index in [1.165, 1.54) is 66.4 Å². The van der Waals surface area contributed by atoms with E-state index in [-0.39, 0.29) is 17.2 Å². The molecule has 1 aromatic heterocycles. The Bertz CT molecular complexity index is 1550. The van der Waals surface area contributed by atoms with Crippen LogP contribution in [0.4, 0.5) is 11.5 Å². The molecule has 3 aromatic rings. The van der Waals surface area contributed by atoms with Crippen molar-refractivity contribution in [1.82, 2.24) is 20.2 Å². The third-order valence-electron chi connectivity index (χ3n) is 10.9. The highest BCUT2D eigenvalue weighted by Crippen LogP contribution is 2.40. The van der Waals surface area contributed by atoms with Crippen LogP contribution in [-0.2, 0) is 30.5 Å². The molecule has 1 N–H and O–H groups in total. The maximum absolute atomic E-state index is 11.2. The van der Waals surface area contributed by atoms with E-state index in [4.69, 9.17) is 14.7 Å². The van der Waals surface area contributed by atoms with Crippen molar-refractivity contribution in [2.75, 3.05) is 61.4 Å². The maximum atomic E-state index is 11.2. The lowest BCUT2D eigenvalue weighted by molar-refractivity contribution is 0.107. The molecule has 0 amide bonds. The van der Waals surface area contributed by atoms with Crippen LogP contribution in [0.5, 0.6) is 6.01 Å². The SMILES string of the molecule is CCc1cccc2cccc(N3CCc4c(nc(OCC56CCCN5CCC6)nc4N4CCCC(NCC(C)CS(=O)[O-])C4)C3)c12. The van der Waals surface area contributed by atoms with E-state index < -0.39 is 11.1 Å². The Morgan fingerprint density at radius 1 is 1.07 bits per heavy atom. The van der Waals surface area contributed by atoms with Gasteiger partial charge >= 0.3 is 6.01 Å². The average molecular weight is 646 g/mol. The minimum Gasteiger partial charge on any atom is -0.772 e. The van der Waals surface area contributed by atoms with Crippen LogP contribution in [-0.4, -0.2) is 86.8 Å². The Kier molecular flexibility index (Phi) is 9.50. The van der Waals surface area contributed by atoms with Gasteiger partial charge in [0.25, 0.3) is 0 Å². The van der Waals surface area contributed by atoms with Crippen LogP contribution < -0.4 is 19.9 Å². The summed E-state index contributed by atoms with van der Waals surface area (Å²) in [5, 5.41) is 6.30. The second-order valence-electron chi connectivity index (χ2n) is 14.0. The first-order valence-corrected chi connectivity index (χ1v) is 18.7. The van der Waals surface area contributed by atoms with Gasteiger partial charge in [-0.05, 0) is 93.9 Å². The van der Waals surface area contributed by atoms with Gasteiger partial charge in [-0.2, -0.15) is 9.97 Å². The van der Waals surface area contributed by atoms with Crippen molar-refractivity contribution in [1.29, 1.82) is 0 Å². The third-order valence-corrected chi connectivity index (χ3v) is 11.7. The first-order chi connectivity index (χ1) is 22.4. The lowest BCUT2D eigenvalue weighted by Gasteiger charge is -2.38. The zero-order valence-corrected chi connectivity index (χ0v) is 28.3. The van der Waals surface area contributed by atoms with Crippen LogP contribution in [0.2, 0.25) is 0 Å². The normalized spacial score (nSPS) is 22.5. The number of ether oxygens (including phenoxy) is 1. The third kappa shape index (κ3) is 6.50. The molecule has 0 radical (unpaired) electrons. The summed E-state index contributed by atoms with van der Waals surface area (Å²) < 4.78 is 29.0. The van der Waals surface area contributed by atoms with Gasteiger partial charge in [-0.15, -0.1) is 0 Å². The highest BCUT2D eigenvalue weighted by molar-refractivity contribution is 7.79. The smallest absolute Gasteiger partial charge is 0.318 e. The van der Waals surface area contributed by atoms with Gasteiger partial charge in [-0.1, -0.05) is 55.3 Å². The van der Waals surface area contributed by atoms with Crippen molar-refractivity contribution >= 4 is 33.4 Å². The number of hydrogen-bond acceptors (Lipinski definition) is 9. The summed E-state index contributed by atoms with van der Waals surface area (Å²) in [5.74, 6) is 1.30. The summed E-state index contributed by atoms with van der Waals surface area (Å²) in [4.78, 5) is 17.9. The fraction of sp³-hybridized carbons (Fsp3) is 0.611. The summed E-state index contributed by atoms with van der Waals surface area (Å²) in [6, 6.07) is 14.1. The molecule has 3 fully saturated rings. The molecule has 5 heterocycles. The molecule has 0 saturated carbocycles. The molecular formula is C36H49N6O3S-. The van der Waals surface area contributed by atoms with Gasteiger partial charge in [0, 0.05) is 48.1 Å². The number of hydrogen-bond donors (Lipinski definition) is 1. The van der Waals surface area contributed by atoms with Crippen molar-refractivity contribution in [3.63, 3.8) is 0 Å². The van der Waals surface area contributed by atoms with Crippen molar-refractivity contribution in [3.05, 3.63) is 53.2 Å². The molecule has 3 unspecified atom stereocenters. The van der Waals surface area contributed by atoms with E-state index in [1.54, 1.807) is 0 Å². The summed E-state index contributed by atoms with van der Waals surface area (Å²) in [6.45, 7) is 11.4. The molecule has 0 bridgehead atoms. The predicted octanol–water partition coefficient (Wildman–Crippen LogP) is 4.84. The lowest BCUT2D eigenvalue weighted by atomic mass is 9.95. The minimum atomic E-state index is -2.01. The van der Waals surface area contributed by atoms with Gasteiger partial charge in [0.05, 0.1) is 17.8 Å². The number of anilines is 2. The first-order valence-electron chi connectivity index (χ1n) is 17.5. The summed E-state index contributed by atoms with van der Waals surface area (Å²) >= 11 is -2.01. The largest absolute Gasteiger partial charge is 0.772 e. The number of benzene rings is 2. The molecular weight excluding hydrogens is 597 g/mol. The predicted molar refractivity (Wildman–Crippen MR) is 185 cm³/mol. The molecule has 0 aliphatic carbocycles. The highest BCUT2D eigenvalue weighted by atomic mass is 32.2. The maximum Gasteiger partial charge on any atom is 0.318 e. The number of aromatic nitrogens is 2. The van der Waals surface area contributed by atoms with Crippen molar-refractivity contribution in [2.24, 2.45) is 5.92 Å². The van der Waals surface area contributed by atoms with Gasteiger partial charge in [-0.25, -0.2) is 0 Å². The number of nitrogens with zero attached hydrogens (tertiary/aromatic N) is 5. The standard InChI is InChI=1S/C36H50N6O3S/c1-3-27-9-4-10-28-11-5-13-32(33(27)28)40-20-14-30-31(23-40)38-35(45-25-36-15-7-18-42(36)19-8-16-36)39-34(30)41-17-6-12-29(22-41)37-21-26(2)24-46(43)44/h4-5,9-11,13,26,29,37H,3,6-8,12,14-25H2,1-2H3,(H,43,44)/p-1. The summed E-state index contributed by atoms with van der Waals surface area (Å²) in [6.07, 6.45) is 8.89. The van der Waals surface area contributed by atoms with Crippen molar-refractivity contribution < 1.29 is 13.5 Å². The van der Waals surface area contributed by atoms with E-state index in [0.29, 0.717) is 25.2 Å². The molecule has 3 atom stereocenters. The van der Waals surface area contributed by atoms with Crippen LogP contribution in [0.1, 0.15) is 69.2 Å². The first kappa shape index (κ1) is 31.8. The molecule has 4 aliphatic rings. The molecule has 0 spiro atoms. The van der Waals surface area contributed by atoms with Gasteiger partial charge in [-0.3, -0.25) is 9.11 Å². The Morgan fingerprint density at radius 3 is 2.65 bits per heavy atom. The molecule has 4 aliphatic heterocycles. The number of rotatable bonds is 11. The molecule has 7 rings (SSSR count). The van der Waals surface area contributed by atoms with E-state index >= 15 is 0 Å². The van der Waals surface area contributed by atoms with E-state index in [2.05, 4.69) is 63.3 Å². The minimum absolute atomic E-state index is 0.0823. The van der Waals surface area contributed by atoms with Crippen LogP contribution in [0.25, 0.3) is 10.8 Å². The molecule has 2 aromatic carbocycles. The zero-order valence-electron chi connectivity index (χ0n) is 27.5. The van der Waals surface area contributed by atoms with Crippen LogP contribution in [0.15, 0.2) is 36.4 Å². The molecule has 248 valence electrons. The van der Waals surface area contributed by atoms with Gasteiger partial charge in [0.2, 0.25) is 0 Å². The van der Waals surface area contributed by atoms with Crippen molar-refractivity contribution in [2.45, 2.75) is 83.3 Å². The van der Waals surface area contributed by atoms with Crippen molar-refractivity contribution in [3.8, 4) is 6.01 Å². The fourth-order valence-electron chi connectivity index (χ4n) is 8.53. The molecule has 10 heteroatoms. The second kappa shape index (κ2) is 13.7. The zero-order chi connectivity index (χ0) is 31.7. The van der Waals surface area contributed by atoms with E-state index in [9.17, 15) is 8.76 Å². The Balaban J connectivity index is 1.17. The average Bonchev–Trinajstić information content (AvgIpc) is 3.66. The Morgan fingerprint density at radius 2 is 1.87 bits per heavy atom. The van der Waals surface area contributed by atoms with Gasteiger partial charge in [0.1, 0.15) is 12.4 Å². The fourth-order valence-corrected chi connectivity index (χ4v) is 9.11. The van der Waals surface area contributed by atoms with Gasteiger partial charge in [0.15, 0.2) is 0 Å². The number of aryl methyl sites for hydroxylation is 1. The molecule has 9 nitrogen and oxygen atoms in total. The monoisotopic (exact) mass is 645 g/mol. The summed E-state index contributed by atoms with van der Waals surface area (Å²) in [7, 11) is 0. The number of piperidine rings is 1. The topological polar surface area (TPSA) is 96.9 Å². The second-order valence-corrected chi connectivity index (χ2v) is 15.0. The van der Waals surface area contributed by atoms with Gasteiger partial charge < -0.3 is 24.4 Å². The molecule has 46 heavy (non-hydrogen) atoms.